The second-order valence-electron chi connectivity index (χ2n) is 4.43. The van der Waals surface area contributed by atoms with Crippen LogP contribution >= 0.6 is 0 Å². The molecule has 1 aromatic rings. The maximum absolute atomic E-state index is 9.01. The minimum absolute atomic E-state index is 0.201. The van der Waals surface area contributed by atoms with E-state index < -0.39 is 0 Å². The first-order chi connectivity index (χ1) is 8.36. The summed E-state index contributed by atoms with van der Waals surface area (Å²) < 4.78 is 5.86. The van der Waals surface area contributed by atoms with Gasteiger partial charge in [0.2, 0.25) is 0 Å². The maximum Gasteiger partial charge on any atom is 0.0720 e. The standard InChI is InChI=1S/C15H24O2/c1-2-3-5-10-15(11-12-16)17-13-14-8-6-4-7-9-14/h4,6-9,15-16H,2-3,5,10-13H2,1H3. The molecular weight excluding hydrogens is 212 g/mol. The number of rotatable bonds is 9. The predicted octanol–water partition coefficient (Wildman–Crippen LogP) is 3.53. The molecule has 1 rings (SSSR count). The van der Waals surface area contributed by atoms with Crippen LogP contribution in [0.25, 0.3) is 0 Å². The van der Waals surface area contributed by atoms with Crippen LogP contribution in [0.4, 0.5) is 0 Å². The molecule has 0 aromatic heterocycles. The van der Waals surface area contributed by atoms with Crippen LogP contribution in [-0.2, 0) is 11.3 Å². The molecule has 0 radical (unpaired) electrons. The highest BCUT2D eigenvalue weighted by Crippen LogP contribution is 2.12. The number of unbranched alkanes of at least 4 members (excludes halogenated alkanes) is 2. The van der Waals surface area contributed by atoms with E-state index in [0.717, 1.165) is 12.8 Å². The number of aliphatic hydroxyl groups excluding tert-OH is 1. The molecular formula is C15H24O2. The Morgan fingerprint density at radius 1 is 1.12 bits per heavy atom. The van der Waals surface area contributed by atoms with Crippen molar-refractivity contribution in [1.82, 2.24) is 0 Å². The monoisotopic (exact) mass is 236 g/mol. The second-order valence-corrected chi connectivity index (χ2v) is 4.43. The molecule has 17 heavy (non-hydrogen) atoms. The molecule has 0 spiro atoms. The Labute approximate surface area is 105 Å². The minimum Gasteiger partial charge on any atom is -0.396 e. The van der Waals surface area contributed by atoms with Crippen molar-refractivity contribution >= 4 is 0 Å². The molecule has 0 saturated carbocycles. The molecule has 0 bridgehead atoms. The molecule has 0 fully saturated rings. The van der Waals surface area contributed by atoms with E-state index in [1.54, 1.807) is 0 Å². The van der Waals surface area contributed by atoms with Crippen molar-refractivity contribution in [3.05, 3.63) is 35.9 Å². The highest BCUT2D eigenvalue weighted by atomic mass is 16.5. The average Bonchev–Trinajstić information content (AvgIpc) is 2.37. The summed E-state index contributed by atoms with van der Waals surface area (Å²) in [5, 5.41) is 9.01. The van der Waals surface area contributed by atoms with Crippen LogP contribution < -0.4 is 0 Å². The highest BCUT2D eigenvalue weighted by molar-refractivity contribution is 5.13. The Morgan fingerprint density at radius 3 is 2.53 bits per heavy atom. The van der Waals surface area contributed by atoms with Gasteiger partial charge in [-0.25, -0.2) is 0 Å². The van der Waals surface area contributed by atoms with Gasteiger partial charge >= 0.3 is 0 Å². The van der Waals surface area contributed by atoms with Crippen LogP contribution in [0.1, 0.15) is 44.6 Å². The first kappa shape index (κ1) is 14.2. The quantitative estimate of drug-likeness (QED) is 0.665. The van der Waals surface area contributed by atoms with Crippen molar-refractivity contribution in [3.63, 3.8) is 0 Å². The fourth-order valence-electron chi connectivity index (χ4n) is 1.87. The zero-order valence-electron chi connectivity index (χ0n) is 10.8. The average molecular weight is 236 g/mol. The van der Waals surface area contributed by atoms with Crippen molar-refractivity contribution < 1.29 is 9.84 Å². The second kappa shape index (κ2) is 9.20. The number of hydrogen-bond donors (Lipinski definition) is 1. The fourth-order valence-corrected chi connectivity index (χ4v) is 1.87. The van der Waals surface area contributed by atoms with Crippen molar-refractivity contribution in [2.75, 3.05) is 6.61 Å². The summed E-state index contributed by atoms with van der Waals surface area (Å²) in [6.45, 7) is 3.06. The molecule has 1 atom stereocenters. The van der Waals surface area contributed by atoms with E-state index in [9.17, 15) is 0 Å². The van der Waals surface area contributed by atoms with E-state index in [-0.39, 0.29) is 12.7 Å². The van der Waals surface area contributed by atoms with Crippen molar-refractivity contribution in [2.45, 2.75) is 51.7 Å². The first-order valence-electron chi connectivity index (χ1n) is 6.63. The summed E-state index contributed by atoms with van der Waals surface area (Å²) in [6, 6.07) is 10.2. The first-order valence-corrected chi connectivity index (χ1v) is 6.63. The molecule has 0 aliphatic carbocycles. The van der Waals surface area contributed by atoms with Gasteiger partial charge < -0.3 is 9.84 Å². The SMILES string of the molecule is CCCCCC(CCO)OCc1ccccc1. The summed E-state index contributed by atoms with van der Waals surface area (Å²) >= 11 is 0. The maximum atomic E-state index is 9.01. The number of aliphatic hydroxyl groups is 1. The molecule has 1 N–H and O–H groups in total. The Morgan fingerprint density at radius 2 is 1.88 bits per heavy atom. The van der Waals surface area contributed by atoms with Crippen molar-refractivity contribution in [2.24, 2.45) is 0 Å². The Balaban J connectivity index is 2.28. The van der Waals surface area contributed by atoms with E-state index in [4.69, 9.17) is 9.84 Å². The lowest BCUT2D eigenvalue weighted by Gasteiger charge is -2.16. The molecule has 0 heterocycles. The number of benzene rings is 1. The van der Waals surface area contributed by atoms with Gasteiger partial charge in [0.05, 0.1) is 12.7 Å². The molecule has 1 aromatic carbocycles. The van der Waals surface area contributed by atoms with Gasteiger partial charge in [-0.2, -0.15) is 0 Å². The highest BCUT2D eigenvalue weighted by Gasteiger charge is 2.08. The lowest BCUT2D eigenvalue weighted by atomic mass is 10.1. The molecule has 0 aliphatic rings. The lowest BCUT2D eigenvalue weighted by Crippen LogP contribution is -2.14. The summed E-state index contributed by atoms with van der Waals surface area (Å²) in [5.41, 5.74) is 1.20. The molecule has 1 unspecified atom stereocenters. The Bertz CT molecular complexity index is 272. The molecule has 0 saturated heterocycles. The van der Waals surface area contributed by atoms with E-state index >= 15 is 0 Å². The number of ether oxygens (including phenoxy) is 1. The van der Waals surface area contributed by atoms with E-state index in [0.29, 0.717) is 6.61 Å². The van der Waals surface area contributed by atoms with E-state index in [2.05, 4.69) is 19.1 Å². The van der Waals surface area contributed by atoms with Crippen LogP contribution in [0.5, 0.6) is 0 Å². The lowest BCUT2D eigenvalue weighted by molar-refractivity contribution is 0.0175. The fraction of sp³-hybridized carbons (Fsp3) is 0.600. The van der Waals surface area contributed by atoms with Crippen LogP contribution in [0.2, 0.25) is 0 Å². The topological polar surface area (TPSA) is 29.5 Å². The molecule has 96 valence electrons. The van der Waals surface area contributed by atoms with Gasteiger partial charge in [-0.3, -0.25) is 0 Å². The van der Waals surface area contributed by atoms with Gasteiger partial charge in [-0.05, 0) is 18.4 Å². The molecule has 0 aliphatic heterocycles. The predicted molar refractivity (Wildman–Crippen MR) is 70.9 cm³/mol. The molecule has 2 nitrogen and oxygen atoms in total. The summed E-state index contributed by atoms with van der Waals surface area (Å²) in [6.07, 6.45) is 5.67. The van der Waals surface area contributed by atoms with Gasteiger partial charge in [-0.1, -0.05) is 56.5 Å². The van der Waals surface area contributed by atoms with Gasteiger partial charge in [0.25, 0.3) is 0 Å². The van der Waals surface area contributed by atoms with Gasteiger partial charge in [0.15, 0.2) is 0 Å². The molecule has 2 heteroatoms. The van der Waals surface area contributed by atoms with Crippen LogP contribution in [-0.4, -0.2) is 17.8 Å². The largest absolute Gasteiger partial charge is 0.396 e. The summed E-state index contributed by atoms with van der Waals surface area (Å²) in [7, 11) is 0. The normalized spacial score (nSPS) is 12.6. The van der Waals surface area contributed by atoms with Crippen LogP contribution in [0.3, 0.4) is 0 Å². The Kier molecular flexibility index (Phi) is 7.69. The third-order valence-electron chi connectivity index (χ3n) is 2.91. The Hall–Kier alpha value is -0.860. The zero-order chi connectivity index (χ0) is 12.3. The third kappa shape index (κ3) is 6.44. The summed E-state index contributed by atoms with van der Waals surface area (Å²) in [4.78, 5) is 0. The van der Waals surface area contributed by atoms with E-state index in [1.165, 1.54) is 24.8 Å². The number of hydrogen-bond acceptors (Lipinski definition) is 2. The minimum atomic E-state index is 0.201. The van der Waals surface area contributed by atoms with Gasteiger partial charge in [0.1, 0.15) is 0 Å². The zero-order valence-corrected chi connectivity index (χ0v) is 10.8. The van der Waals surface area contributed by atoms with Crippen molar-refractivity contribution in [1.29, 1.82) is 0 Å². The van der Waals surface area contributed by atoms with Crippen molar-refractivity contribution in [3.8, 4) is 0 Å². The van der Waals surface area contributed by atoms with Crippen LogP contribution in [0, 0.1) is 0 Å². The van der Waals surface area contributed by atoms with Gasteiger partial charge in [-0.15, -0.1) is 0 Å². The smallest absolute Gasteiger partial charge is 0.0720 e. The van der Waals surface area contributed by atoms with Crippen LogP contribution in [0.15, 0.2) is 30.3 Å². The van der Waals surface area contributed by atoms with Gasteiger partial charge in [0, 0.05) is 6.61 Å². The third-order valence-corrected chi connectivity index (χ3v) is 2.91. The van der Waals surface area contributed by atoms with E-state index in [1.807, 2.05) is 18.2 Å². The summed E-state index contributed by atoms with van der Waals surface area (Å²) in [5.74, 6) is 0. The molecule has 0 amide bonds.